The third kappa shape index (κ3) is 2.87. The van der Waals surface area contributed by atoms with E-state index in [-0.39, 0.29) is 23.9 Å². The molecule has 0 saturated carbocycles. The summed E-state index contributed by atoms with van der Waals surface area (Å²) < 4.78 is 0. The summed E-state index contributed by atoms with van der Waals surface area (Å²) >= 11 is 0. The summed E-state index contributed by atoms with van der Waals surface area (Å²) in [5, 5.41) is 10.4. The predicted octanol–water partition coefficient (Wildman–Crippen LogP) is 3.22. The molecule has 2 rings (SSSR count). The molecule has 1 aliphatic heterocycles. The molecule has 18 heavy (non-hydrogen) atoms. The summed E-state index contributed by atoms with van der Waals surface area (Å²) in [6.07, 6.45) is -0.347. The first-order chi connectivity index (χ1) is 7.92. The minimum absolute atomic E-state index is 0. The Hall–Kier alpha value is -0.570. The van der Waals surface area contributed by atoms with Crippen LogP contribution < -0.4 is 0 Å². The van der Waals surface area contributed by atoms with Crippen LogP contribution in [0.4, 0.5) is 0 Å². The lowest BCUT2D eigenvalue weighted by atomic mass is 9.74. The molecule has 1 heterocycles. The van der Waals surface area contributed by atoms with Gasteiger partial charge in [-0.05, 0) is 24.1 Å². The predicted molar refractivity (Wildman–Crippen MR) is 78.3 cm³/mol. The molecule has 0 spiro atoms. The average molecular weight is 270 g/mol. The minimum atomic E-state index is -0.347. The molecule has 1 atom stereocenters. The second-order valence-corrected chi connectivity index (χ2v) is 6.05. The van der Waals surface area contributed by atoms with Crippen molar-refractivity contribution in [3.8, 4) is 0 Å². The van der Waals surface area contributed by atoms with E-state index in [0.29, 0.717) is 5.92 Å². The van der Waals surface area contributed by atoms with Gasteiger partial charge in [0.25, 0.3) is 0 Å². The number of halogens is 1. The van der Waals surface area contributed by atoms with Crippen LogP contribution in [0.15, 0.2) is 24.3 Å². The maximum Gasteiger partial charge on any atom is 0.0868 e. The van der Waals surface area contributed by atoms with Crippen LogP contribution in [0.3, 0.4) is 0 Å². The normalized spacial score (nSPS) is 20.1. The zero-order valence-corrected chi connectivity index (χ0v) is 12.5. The summed E-state index contributed by atoms with van der Waals surface area (Å²) in [5.41, 5.74) is 2.40. The third-order valence-corrected chi connectivity index (χ3v) is 3.84. The Bertz CT molecular complexity index is 382. The van der Waals surface area contributed by atoms with Crippen molar-refractivity contribution >= 4 is 12.4 Å². The molecule has 0 aromatic heterocycles. The van der Waals surface area contributed by atoms with Crippen molar-refractivity contribution < 1.29 is 5.11 Å². The van der Waals surface area contributed by atoms with Crippen molar-refractivity contribution in [1.82, 2.24) is 4.90 Å². The highest BCUT2D eigenvalue weighted by atomic mass is 35.5. The first-order valence-electron chi connectivity index (χ1n) is 6.39. The SMILES string of the molecule is CC(C)c1ccc(C(O)C2(C)CN(C)C2)cc1.Cl. The molecule has 0 bridgehead atoms. The fraction of sp³-hybridized carbons (Fsp3) is 0.600. The Kier molecular flexibility index (Phi) is 4.82. The largest absolute Gasteiger partial charge is 0.388 e. The molecule has 1 fully saturated rings. The fourth-order valence-electron chi connectivity index (χ4n) is 2.83. The van der Waals surface area contributed by atoms with Crippen LogP contribution in [0.2, 0.25) is 0 Å². The molecule has 0 radical (unpaired) electrons. The van der Waals surface area contributed by atoms with Crippen LogP contribution in [0, 0.1) is 5.41 Å². The van der Waals surface area contributed by atoms with E-state index in [1.54, 1.807) is 0 Å². The molecule has 1 aromatic rings. The maximum absolute atomic E-state index is 10.4. The molecule has 0 amide bonds. The van der Waals surface area contributed by atoms with E-state index in [9.17, 15) is 5.11 Å². The van der Waals surface area contributed by atoms with Gasteiger partial charge in [-0.25, -0.2) is 0 Å². The summed E-state index contributed by atoms with van der Waals surface area (Å²) in [6.45, 7) is 8.48. The van der Waals surface area contributed by atoms with Gasteiger partial charge in [0.15, 0.2) is 0 Å². The maximum atomic E-state index is 10.4. The number of rotatable bonds is 3. The van der Waals surface area contributed by atoms with E-state index in [2.05, 4.69) is 57.0 Å². The zero-order chi connectivity index (χ0) is 12.6. The first-order valence-corrected chi connectivity index (χ1v) is 6.39. The number of aliphatic hydroxyl groups excluding tert-OH is 1. The van der Waals surface area contributed by atoms with E-state index in [1.807, 2.05) is 0 Å². The van der Waals surface area contributed by atoms with Crippen molar-refractivity contribution in [3.63, 3.8) is 0 Å². The smallest absolute Gasteiger partial charge is 0.0868 e. The van der Waals surface area contributed by atoms with Crippen LogP contribution in [0.25, 0.3) is 0 Å². The van der Waals surface area contributed by atoms with E-state index in [0.717, 1.165) is 18.7 Å². The van der Waals surface area contributed by atoms with Gasteiger partial charge in [0.2, 0.25) is 0 Å². The fourth-order valence-corrected chi connectivity index (χ4v) is 2.83. The van der Waals surface area contributed by atoms with E-state index in [1.165, 1.54) is 5.56 Å². The average Bonchev–Trinajstić information content (AvgIpc) is 2.26. The van der Waals surface area contributed by atoms with Crippen LogP contribution in [-0.2, 0) is 0 Å². The number of hydrogen-bond donors (Lipinski definition) is 1. The molecule has 1 N–H and O–H groups in total. The monoisotopic (exact) mass is 269 g/mol. The van der Waals surface area contributed by atoms with Gasteiger partial charge in [0.05, 0.1) is 6.10 Å². The highest BCUT2D eigenvalue weighted by molar-refractivity contribution is 5.85. The summed E-state index contributed by atoms with van der Waals surface area (Å²) in [4.78, 5) is 2.24. The standard InChI is InChI=1S/C15H23NO.ClH/c1-11(2)12-5-7-13(8-6-12)14(17)15(3)9-16(4)10-15;/h5-8,11,14,17H,9-10H2,1-4H3;1H. The second-order valence-electron chi connectivity index (χ2n) is 6.05. The Morgan fingerprint density at radius 1 is 1.11 bits per heavy atom. The number of nitrogens with zero attached hydrogens (tertiary/aromatic N) is 1. The lowest BCUT2D eigenvalue weighted by Gasteiger charge is -2.49. The van der Waals surface area contributed by atoms with E-state index >= 15 is 0 Å². The number of likely N-dealkylation sites (tertiary alicyclic amines) is 1. The van der Waals surface area contributed by atoms with Gasteiger partial charge in [0.1, 0.15) is 0 Å². The molecule has 0 aliphatic carbocycles. The molecule has 1 saturated heterocycles. The van der Waals surface area contributed by atoms with Gasteiger partial charge in [-0.2, -0.15) is 0 Å². The lowest BCUT2D eigenvalue weighted by Crippen LogP contribution is -2.55. The van der Waals surface area contributed by atoms with Crippen molar-refractivity contribution in [2.45, 2.75) is 32.8 Å². The summed E-state index contributed by atoms with van der Waals surface area (Å²) in [5.74, 6) is 0.548. The molecular weight excluding hydrogens is 246 g/mol. The second kappa shape index (κ2) is 5.60. The molecule has 1 aliphatic rings. The van der Waals surface area contributed by atoms with Crippen molar-refractivity contribution in [2.24, 2.45) is 5.41 Å². The number of benzene rings is 1. The topological polar surface area (TPSA) is 23.5 Å². The Balaban J connectivity index is 0.00000162. The number of aliphatic hydroxyl groups is 1. The van der Waals surface area contributed by atoms with Gasteiger partial charge in [-0.1, -0.05) is 45.0 Å². The van der Waals surface area contributed by atoms with Gasteiger partial charge in [-0.3, -0.25) is 0 Å². The minimum Gasteiger partial charge on any atom is -0.388 e. The van der Waals surface area contributed by atoms with Gasteiger partial charge < -0.3 is 10.0 Å². The van der Waals surface area contributed by atoms with Crippen molar-refractivity contribution in [3.05, 3.63) is 35.4 Å². The zero-order valence-electron chi connectivity index (χ0n) is 11.7. The third-order valence-electron chi connectivity index (χ3n) is 3.84. The quantitative estimate of drug-likeness (QED) is 0.911. The van der Waals surface area contributed by atoms with Crippen LogP contribution in [-0.4, -0.2) is 30.1 Å². The number of hydrogen-bond acceptors (Lipinski definition) is 2. The molecular formula is C15H24ClNO. The van der Waals surface area contributed by atoms with E-state index in [4.69, 9.17) is 0 Å². The van der Waals surface area contributed by atoms with Gasteiger partial charge in [0, 0.05) is 18.5 Å². The molecule has 2 nitrogen and oxygen atoms in total. The Morgan fingerprint density at radius 3 is 1.94 bits per heavy atom. The van der Waals surface area contributed by atoms with E-state index < -0.39 is 0 Å². The van der Waals surface area contributed by atoms with Crippen LogP contribution in [0.1, 0.15) is 43.9 Å². The van der Waals surface area contributed by atoms with Crippen molar-refractivity contribution in [1.29, 1.82) is 0 Å². The molecule has 3 heteroatoms. The summed E-state index contributed by atoms with van der Waals surface area (Å²) in [6, 6.07) is 8.41. The molecule has 1 aromatic carbocycles. The highest BCUT2D eigenvalue weighted by Gasteiger charge is 2.43. The van der Waals surface area contributed by atoms with Crippen LogP contribution in [0.5, 0.6) is 0 Å². The Morgan fingerprint density at radius 2 is 1.56 bits per heavy atom. The van der Waals surface area contributed by atoms with Gasteiger partial charge in [-0.15, -0.1) is 12.4 Å². The molecule has 1 unspecified atom stereocenters. The van der Waals surface area contributed by atoms with Crippen molar-refractivity contribution in [2.75, 3.05) is 20.1 Å². The lowest BCUT2D eigenvalue weighted by molar-refractivity contribution is -0.0708. The van der Waals surface area contributed by atoms with Gasteiger partial charge >= 0.3 is 0 Å². The Labute approximate surface area is 116 Å². The summed E-state index contributed by atoms with van der Waals surface area (Å²) in [7, 11) is 2.09. The first kappa shape index (κ1) is 15.5. The highest BCUT2D eigenvalue weighted by Crippen LogP contribution is 2.41. The van der Waals surface area contributed by atoms with Crippen LogP contribution >= 0.6 is 12.4 Å². The molecule has 102 valence electrons.